The smallest absolute Gasteiger partial charge is 0.309 e. The fraction of sp³-hybridized carbons (Fsp3) is 0.353. The number of pyridine rings is 1. The quantitative estimate of drug-likeness (QED) is 0.645. The van der Waals surface area contributed by atoms with E-state index in [0.717, 1.165) is 11.3 Å². The lowest BCUT2D eigenvalue weighted by Gasteiger charge is -2.34. The second-order valence-electron chi connectivity index (χ2n) is 5.94. The summed E-state index contributed by atoms with van der Waals surface area (Å²) in [5.74, 6) is -1.69. The third kappa shape index (κ3) is 4.93. The first kappa shape index (κ1) is 20.4. The van der Waals surface area contributed by atoms with Gasteiger partial charge in [0.05, 0.1) is 25.4 Å². The van der Waals surface area contributed by atoms with E-state index in [-0.39, 0.29) is 23.8 Å². The minimum Gasteiger partial charge on any atom is -0.360 e. The predicted molar refractivity (Wildman–Crippen MR) is 102 cm³/mol. The SMILES string of the molecule is O=C(NCc1ccccn1)C(=O)NC[C@H]1OCCCN1S(=O)(=O)c1cccs1. The normalized spacial score (nSPS) is 17.8. The summed E-state index contributed by atoms with van der Waals surface area (Å²) in [5.41, 5.74) is 0.618. The molecule has 0 radical (unpaired) electrons. The van der Waals surface area contributed by atoms with Crippen molar-refractivity contribution in [3.63, 3.8) is 0 Å². The molecule has 2 N–H and O–H groups in total. The van der Waals surface area contributed by atoms with Crippen LogP contribution in [0.25, 0.3) is 0 Å². The molecule has 2 aromatic rings. The van der Waals surface area contributed by atoms with Gasteiger partial charge in [0, 0.05) is 12.7 Å². The van der Waals surface area contributed by atoms with Crippen LogP contribution in [0.4, 0.5) is 0 Å². The molecule has 1 fully saturated rings. The second kappa shape index (κ2) is 9.24. The highest BCUT2D eigenvalue weighted by Gasteiger charge is 2.35. The van der Waals surface area contributed by atoms with Crippen molar-refractivity contribution < 1.29 is 22.7 Å². The summed E-state index contributed by atoms with van der Waals surface area (Å²) < 4.78 is 32.5. The number of aromatic nitrogens is 1. The van der Waals surface area contributed by atoms with Gasteiger partial charge in [-0.25, -0.2) is 8.42 Å². The van der Waals surface area contributed by atoms with Crippen LogP contribution < -0.4 is 10.6 Å². The molecule has 1 aliphatic rings. The van der Waals surface area contributed by atoms with Crippen LogP contribution >= 0.6 is 11.3 Å². The van der Waals surface area contributed by atoms with E-state index in [4.69, 9.17) is 4.74 Å². The van der Waals surface area contributed by atoms with Crippen LogP contribution in [0.15, 0.2) is 46.1 Å². The van der Waals surface area contributed by atoms with Crippen molar-refractivity contribution in [2.24, 2.45) is 0 Å². The summed E-state index contributed by atoms with van der Waals surface area (Å²) in [6, 6.07) is 8.43. The molecule has 9 nitrogen and oxygen atoms in total. The lowest BCUT2D eigenvalue weighted by molar-refractivity contribution is -0.140. The molecule has 1 atom stereocenters. The van der Waals surface area contributed by atoms with Gasteiger partial charge in [0.2, 0.25) is 0 Å². The number of ether oxygens (including phenoxy) is 1. The van der Waals surface area contributed by atoms with Crippen molar-refractivity contribution in [1.29, 1.82) is 0 Å². The molecular formula is C17H20N4O5S2. The number of nitrogens with one attached hydrogen (secondary N) is 2. The van der Waals surface area contributed by atoms with Crippen molar-refractivity contribution in [1.82, 2.24) is 19.9 Å². The number of carbonyl (C=O) groups is 2. The predicted octanol–water partition coefficient (Wildman–Crippen LogP) is 0.313. The van der Waals surface area contributed by atoms with Crippen LogP contribution in [0, 0.1) is 0 Å². The highest BCUT2D eigenvalue weighted by atomic mass is 32.2. The monoisotopic (exact) mass is 424 g/mol. The Labute approximate surface area is 166 Å². The molecule has 1 aliphatic heterocycles. The number of amides is 2. The van der Waals surface area contributed by atoms with E-state index < -0.39 is 28.1 Å². The van der Waals surface area contributed by atoms with Crippen molar-refractivity contribution >= 4 is 33.2 Å². The lowest BCUT2D eigenvalue weighted by atomic mass is 10.3. The summed E-state index contributed by atoms with van der Waals surface area (Å²) in [7, 11) is -3.72. The molecule has 2 aromatic heterocycles. The summed E-state index contributed by atoms with van der Waals surface area (Å²) in [4.78, 5) is 28.0. The Morgan fingerprint density at radius 1 is 1.21 bits per heavy atom. The van der Waals surface area contributed by atoms with Gasteiger partial charge in [0.15, 0.2) is 0 Å². The molecule has 150 valence electrons. The largest absolute Gasteiger partial charge is 0.360 e. The van der Waals surface area contributed by atoms with E-state index in [0.29, 0.717) is 18.7 Å². The van der Waals surface area contributed by atoms with E-state index in [2.05, 4.69) is 15.6 Å². The van der Waals surface area contributed by atoms with Crippen LogP contribution in [0.5, 0.6) is 0 Å². The minimum atomic E-state index is -3.72. The lowest BCUT2D eigenvalue weighted by Crippen LogP contribution is -2.52. The Morgan fingerprint density at radius 3 is 2.75 bits per heavy atom. The Hall–Kier alpha value is -2.34. The maximum Gasteiger partial charge on any atom is 0.309 e. The molecule has 1 saturated heterocycles. The number of hydrogen-bond acceptors (Lipinski definition) is 7. The van der Waals surface area contributed by atoms with Crippen molar-refractivity contribution in [3.8, 4) is 0 Å². The molecule has 3 heterocycles. The van der Waals surface area contributed by atoms with Crippen LogP contribution in [-0.4, -0.2) is 55.4 Å². The van der Waals surface area contributed by atoms with Gasteiger partial charge in [-0.3, -0.25) is 14.6 Å². The second-order valence-corrected chi connectivity index (χ2v) is 9.01. The number of thiophene rings is 1. The van der Waals surface area contributed by atoms with Crippen molar-refractivity contribution in [2.45, 2.75) is 23.4 Å². The van der Waals surface area contributed by atoms with Gasteiger partial charge in [-0.05, 0) is 30.0 Å². The summed E-state index contributed by atoms with van der Waals surface area (Å²) in [6.45, 7) is 0.655. The average molecular weight is 425 g/mol. The van der Waals surface area contributed by atoms with E-state index in [1.54, 1.807) is 35.8 Å². The van der Waals surface area contributed by atoms with Crippen molar-refractivity contribution in [3.05, 3.63) is 47.6 Å². The minimum absolute atomic E-state index is 0.117. The van der Waals surface area contributed by atoms with Crippen molar-refractivity contribution in [2.75, 3.05) is 19.7 Å². The number of nitrogens with zero attached hydrogens (tertiary/aromatic N) is 2. The maximum atomic E-state index is 12.8. The summed E-state index contributed by atoms with van der Waals surface area (Å²) in [5, 5.41) is 6.58. The molecule has 0 spiro atoms. The number of rotatable bonds is 6. The first-order chi connectivity index (χ1) is 13.5. The number of carbonyl (C=O) groups excluding carboxylic acids is 2. The first-order valence-corrected chi connectivity index (χ1v) is 10.9. The first-order valence-electron chi connectivity index (χ1n) is 8.61. The third-order valence-electron chi connectivity index (χ3n) is 4.01. The zero-order valence-electron chi connectivity index (χ0n) is 14.9. The summed E-state index contributed by atoms with van der Waals surface area (Å²) >= 11 is 1.12. The molecular weight excluding hydrogens is 404 g/mol. The fourth-order valence-electron chi connectivity index (χ4n) is 2.64. The summed E-state index contributed by atoms with van der Waals surface area (Å²) in [6.07, 6.45) is 1.28. The van der Waals surface area contributed by atoms with Crippen LogP contribution in [0.3, 0.4) is 0 Å². The van der Waals surface area contributed by atoms with Gasteiger partial charge >= 0.3 is 11.8 Å². The van der Waals surface area contributed by atoms with Gasteiger partial charge in [0.1, 0.15) is 10.4 Å². The molecule has 0 unspecified atom stereocenters. The highest BCUT2D eigenvalue weighted by molar-refractivity contribution is 7.91. The molecule has 3 rings (SSSR count). The molecule has 0 saturated carbocycles. The van der Waals surface area contributed by atoms with Crippen LogP contribution in [0.2, 0.25) is 0 Å². The van der Waals surface area contributed by atoms with E-state index >= 15 is 0 Å². The highest BCUT2D eigenvalue weighted by Crippen LogP contribution is 2.25. The average Bonchev–Trinajstić information content (AvgIpc) is 3.27. The molecule has 11 heteroatoms. The van der Waals surface area contributed by atoms with E-state index in [9.17, 15) is 18.0 Å². The standard InChI is InChI=1S/C17H20N4O5S2/c22-16(19-11-13-5-1-2-7-18-13)17(23)20-12-14-21(8-4-9-26-14)28(24,25)15-6-3-10-27-15/h1-3,5-7,10,14H,4,8-9,11-12H2,(H,19,22)(H,20,23)/t14-/m1/s1. The van der Waals surface area contributed by atoms with Crippen LogP contribution in [0.1, 0.15) is 12.1 Å². The molecule has 0 bridgehead atoms. The zero-order chi connectivity index (χ0) is 20.0. The maximum absolute atomic E-state index is 12.8. The topological polar surface area (TPSA) is 118 Å². The fourth-order valence-corrected chi connectivity index (χ4v) is 5.33. The Kier molecular flexibility index (Phi) is 6.73. The van der Waals surface area contributed by atoms with Gasteiger partial charge in [-0.2, -0.15) is 4.31 Å². The van der Waals surface area contributed by atoms with Gasteiger partial charge in [-0.15, -0.1) is 11.3 Å². The molecule has 2 amide bonds. The molecule has 0 aliphatic carbocycles. The zero-order valence-corrected chi connectivity index (χ0v) is 16.5. The molecule has 0 aromatic carbocycles. The van der Waals surface area contributed by atoms with E-state index in [1.165, 1.54) is 10.4 Å². The Balaban J connectivity index is 1.55. The third-order valence-corrected chi connectivity index (χ3v) is 7.27. The van der Waals surface area contributed by atoms with Gasteiger partial charge < -0.3 is 15.4 Å². The van der Waals surface area contributed by atoms with Gasteiger partial charge in [-0.1, -0.05) is 12.1 Å². The van der Waals surface area contributed by atoms with Crippen LogP contribution in [-0.2, 0) is 30.9 Å². The Morgan fingerprint density at radius 2 is 2.04 bits per heavy atom. The Bertz CT molecular complexity index is 903. The molecule has 28 heavy (non-hydrogen) atoms. The number of sulfonamides is 1. The number of hydrogen-bond donors (Lipinski definition) is 2. The van der Waals surface area contributed by atoms with Gasteiger partial charge in [0.25, 0.3) is 10.0 Å². The van der Waals surface area contributed by atoms with E-state index in [1.807, 2.05) is 0 Å².